The normalized spacial score (nSPS) is 13.3. The van der Waals surface area contributed by atoms with Crippen LogP contribution in [0.5, 0.6) is 11.8 Å². The number of fused-ring (bicyclic) bond motifs is 1. The lowest BCUT2D eigenvalue weighted by molar-refractivity contribution is 0.0286. The summed E-state index contributed by atoms with van der Waals surface area (Å²) >= 11 is 6.46. The number of benzene rings is 1. The standard InChI is InChI=1S/C18H18ClN5O3/c1-3-12-14(19)13-15(18(2,9-25)24-26)22-17(23-16(13)21-12)27-11-6-4-5-10(7-11)8-20/h4-7,24-26H,3,9H2,1-2H3,(H,21,22,23). The van der Waals surface area contributed by atoms with Crippen molar-refractivity contribution in [1.82, 2.24) is 20.4 Å². The highest BCUT2D eigenvalue weighted by atomic mass is 35.5. The number of nitriles is 1. The quantitative estimate of drug-likeness (QED) is 0.478. The van der Waals surface area contributed by atoms with E-state index in [0.717, 1.165) is 5.69 Å². The maximum Gasteiger partial charge on any atom is 0.324 e. The number of rotatable bonds is 6. The molecule has 0 aliphatic carbocycles. The Morgan fingerprint density at radius 3 is 2.81 bits per heavy atom. The number of nitrogens with zero attached hydrogens (tertiary/aromatic N) is 3. The first-order valence-electron chi connectivity index (χ1n) is 8.24. The molecular formula is C18H18ClN5O3. The fourth-order valence-electron chi connectivity index (χ4n) is 2.67. The average Bonchev–Trinajstić information content (AvgIpc) is 3.02. The van der Waals surface area contributed by atoms with E-state index >= 15 is 0 Å². The van der Waals surface area contributed by atoms with Crippen LogP contribution in [0.3, 0.4) is 0 Å². The lowest BCUT2D eigenvalue weighted by Gasteiger charge is -2.25. The summed E-state index contributed by atoms with van der Waals surface area (Å²) in [4.78, 5) is 11.8. The van der Waals surface area contributed by atoms with Crippen LogP contribution in [0, 0.1) is 11.3 Å². The van der Waals surface area contributed by atoms with Crippen LogP contribution in [-0.4, -0.2) is 31.9 Å². The summed E-state index contributed by atoms with van der Waals surface area (Å²) in [7, 11) is 0. The van der Waals surface area contributed by atoms with Crippen molar-refractivity contribution < 1.29 is 15.1 Å². The van der Waals surface area contributed by atoms with Crippen LogP contribution in [0.1, 0.15) is 30.8 Å². The Labute approximate surface area is 160 Å². The second kappa shape index (κ2) is 7.50. The Balaban J connectivity index is 2.19. The second-order valence-electron chi connectivity index (χ2n) is 6.19. The zero-order valence-electron chi connectivity index (χ0n) is 14.7. The van der Waals surface area contributed by atoms with E-state index in [4.69, 9.17) is 21.6 Å². The molecule has 1 aromatic carbocycles. The third-order valence-electron chi connectivity index (χ3n) is 4.25. The monoisotopic (exact) mass is 387 g/mol. The van der Waals surface area contributed by atoms with Crippen molar-refractivity contribution in [2.75, 3.05) is 6.61 Å². The summed E-state index contributed by atoms with van der Waals surface area (Å²) < 4.78 is 5.71. The number of hydrogen-bond acceptors (Lipinski definition) is 7. The number of aliphatic hydroxyl groups excluding tert-OH is 1. The first kappa shape index (κ1) is 19.1. The van der Waals surface area contributed by atoms with Gasteiger partial charge in [-0.1, -0.05) is 24.6 Å². The molecule has 0 amide bonds. The number of aliphatic hydroxyl groups is 1. The molecule has 2 aromatic heterocycles. The highest BCUT2D eigenvalue weighted by molar-refractivity contribution is 6.36. The summed E-state index contributed by atoms with van der Waals surface area (Å²) in [5.41, 5.74) is 2.69. The van der Waals surface area contributed by atoms with Gasteiger partial charge in [0.25, 0.3) is 0 Å². The van der Waals surface area contributed by atoms with Gasteiger partial charge in [-0.05, 0) is 31.5 Å². The molecule has 0 radical (unpaired) electrons. The van der Waals surface area contributed by atoms with Crippen molar-refractivity contribution in [2.24, 2.45) is 0 Å². The van der Waals surface area contributed by atoms with Gasteiger partial charge in [-0.2, -0.15) is 20.7 Å². The highest BCUT2D eigenvalue weighted by Crippen LogP contribution is 2.35. The number of halogens is 1. The third-order valence-corrected chi connectivity index (χ3v) is 4.67. The zero-order chi connectivity index (χ0) is 19.6. The predicted molar refractivity (Wildman–Crippen MR) is 98.9 cm³/mol. The van der Waals surface area contributed by atoms with Gasteiger partial charge in [0.2, 0.25) is 0 Å². The van der Waals surface area contributed by atoms with Gasteiger partial charge < -0.3 is 20.0 Å². The summed E-state index contributed by atoms with van der Waals surface area (Å²) in [5.74, 6) is 0.385. The molecule has 1 atom stereocenters. The van der Waals surface area contributed by atoms with Crippen LogP contribution < -0.4 is 10.2 Å². The minimum Gasteiger partial charge on any atom is -0.424 e. The van der Waals surface area contributed by atoms with Crippen LogP contribution in [-0.2, 0) is 12.0 Å². The minimum atomic E-state index is -1.29. The minimum absolute atomic E-state index is 0.0110. The summed E-state index contributed by atoms with van der Waals surface area (Å²) in [6.45, 7) is 3.07. The first-order chi connectivity index (χ1) is 13.0. The molecule has 140 valence electrons. The second-order valence-corrected chi connectivity index (χ2v) is 6.57. The highest BCUT2D eigenvalue weighted by Gasteiger charge is 2.32. The number of hydrogen-bond donors (Lipinski definition) is 4. The molecule has 0 bridgehead atoms. The van der Waals surface area contributed by atoms with Crippen LogP contribution in [0.15, 0.2) is 24.3 Å². The topological polar surface area (TPSA) is 127 Å². The van der Waals surface area contributed by atoms with Crippen molar-refractivity contribution in [2.45, 2.75) is 25.8 Å². The van der Waals surface area contributed by atoms with Crippen molar-refractivity contribution >= 4 is 22.6 Å². The first-order valence-corrected chi connectivity index (χ1v) is 8.62. The third kappa shape index (κ3) is 3.46. The Bertz CT molecular complexity index is 1020. The number of nitrogens with one attached hydrogen (secondary N) is 2. The van der Waals surface area contributed by atoms with Crippen LogP contribution in [0.2, 0.25) is 5.02 Å². The van der Waals surface area contributed by atoms with Gasteiger partial charge in [-0.3, -0.25) is 0 Å². The van der Waals surface area contributed by atoms with E-state index in [0.29, 0.717) is 33.8 Å². The molecule has 0 saturated carbocycles. The van der Waals surface area contributed by atoms with Gasteiger partial charge in [-0.25, -0.2) is 0 Å². The summed E-state index contributed by atoms with van der Waals surface area (Å²) in [6, 6.07) is 8.58. The molecule has 0 saturated heterocycles. The molecule has 9 heteroatoms. The van der Waals surface area contributed by atoms with E-state index < -0.39 is 12.1 Å². The molecule has 3 aromatic rings. The van der Waals surface area contributed by atoms with Crippen molar-refractivity contribution in [3.05, 3.63) is 46.2 Å². The summed E-state index contributed by atoms with van der Waals surface area (Å²) in [6.07, 6.45) is 0.636. The molecule has 0 aliphatic rings. The number of aromatic amines is 1. The Kier molecular flexibility index (Phi) is 5.30. The number of ether oxygens (including phenoxy) is 1. The molecule has 27 heavy (non-hydrogen) atoms. The van der Waals surface area contributed by atoms with E-state index in [1.165, 1.54) is 0 Å². The fourth-order valence-corrected chi connectivity index (χ4v) is 3.03. The van der Waals surface area contributed by atoms with Crippen LogP contribution in [0.25, 0.3) is 11.0 Å². The zero-order valence-corrected chi connectivity index (χ0v) is 15.5. The fraction of sp³-hybridized carbons (Fsp3) is 0.278. The van der Waals surface area contributed by atoms with Gasteiger partial charge in [0, 0.05) is 5.69 Å². The van der Waals surface area contributed by atoms with Crippen molar-refractivity contribution in [3.8, 4) is 17.8 Å². The number of hydroxylamine groups is 1. The van der Waals surface area contributed by atoms with Gasteiger partial charge >= 0.3 is 6.01 Å². The smallest absolute Gasteiger partial charge is 0.324 e. The van der Waals surface area contributed by atoms with E-state index in [1.807, 2.05) is 13.0 Å². The maximum absolute atomic E-state index is 9.79. The lowest BCUT2D eigenvalue weighted by Crippen LogP contribution is -2.41. The van der Waals surface area contributed by atoms with Gasteiger partial charge in [0.05, 0.1) is 34.3 Å². The van der Waals surface area contributed by atoms with Crippen LogP contribution >= 0.6 is 11.6 Å². The van der Waals surface area contributed by atoms with E-state index in [2.05, 4.69) is 20.4 Å². The van der Waals surface area contributed by atoms with Crippen molar-refractivity contribution in [1.29, 1.82) is 5.26 Å². The number of aromatic nitrogens is 3. The molecule has 2 heterocycles. The molecule has 4 N–H and O–H groups in total. The van der Waals surface area contributed by atoms with Gasteiger partial charge in [-0.15, -0.1) is 0 Å². The maximum atomic E-state index is 9.79. The number of H-pyrrole nitrogens is 1. The Morgan fingerprint density at radius 2 is 2.19 bits per heavy atom. The molecule has 0 aliphatic heterocycles. The average molecular weight is 388 g/mol. The van der Waals surface area contributed by atoms with Crippen LogP contribution in [0.4, 0.5) is 0 Å². The Hall–Kier alpha value is -2.70. The van der Waals surface area contributed by atoms with E-state index in [1.54, 1.807) is 31.2 Å². The van der Waals surface area contributed by atoms with Gasteiger partial charge in [0.15, 0.2) is 0 Å². The Morgan fingerprint density at radius 1 is 1.41 bits per heavy atom. The SMILES string of the molecule is CCc1[nH]c2nc(Oc3cccc(C#N)c3)nc(C(C)(CO)NO)c2c1Cl. The molecule has 0 fully saturated rings. The molecule has 3 rings (SSSR count). The largest absolute Gasteiger partial charge is 0.424 e. The van der Waals surface area contributed by atoms with Crippen molar-refractivity contribution in [3.63, 3.8) is 0 Å². The van der Waals surface area contributed by atoms with E-state index in [9.17, 15) is 10.3 Å². The molecule has 0 spiro atoms. The summed E-state index contributed by atoms with van der Waals surface area (Å²) in [5, 5.41) is 29.3. The lowest BCUT2D eigenvalue weighted by atomic mass is 9.97. The molecule has 1 unspecified atom stereocenters. The number of aryl methyl sites for hydroxylation is 1. The van der Waals surface area contributed by atoms with E-state index in [-0.39, 0.29) is 11.7 Å². The van der Waals surface area contributed by atoms with Gasteiger partial charge in [0.1, 0.15) is 16.9 Å². The molecular weight excluding hydrogens is 370 g/mol. The predicted octanol–water partition coefficient (Wildman–Crippen LogP) is 3.02. The molecule has 8 nitrogen and oxygen atoms in total.